The summed E-state index contributed by atoms with van der Waals surface area (Å²) in [5.41, 5.74) is 11.9. The minimum Gasteiger partial charge on any atom is -0.480 e. The summed E-state index contributed by atoms with van der Waals surface area (Å²) in [4.78, 5) is 28.4. The van der Waals surface area contributed by atoms with E-state index < -0.39 is 28.1 Å². The number of sulfonamides is 1. The molecule has 11 heteroatoms. The molecule has 0 spiro atoms. The van der Waals surface area contributed by atoms with Crippen molar-refractivity contribution in [3.8, 4) is 0 Å². The van der Waals surface area contributed by atoms with Crippen LogP contribution in [0, 0.1) is 6.92 Å². The van der Waals surface area contributed by atoms with Gasteiger partial charge < -0.3 is 21.3 Å². The molecule has 1 atom stereocenters. The molecule has 0 unspecified atom stereocenters. The number of nitrogens with zero attached hydrogens (tertiary/aromatic N) is 2. The van der Waals surface area contributed by atoms with Crippen LogP contribution in [0.1, 0.15) is 24.0 Å². The molecule has 0 aliphatic carbocycles. The average molecular weight is 463 g/mol. The van der Waals surface area contributed by atoms with Crippen LogP contribution in [-0.4, -0.2) is 48.4 Å². The molecule has 0 saturated carbocycles. The maximum Gasteiger partial charge on any atom is 0.425 e. The summed E-state index contributed by atoms with van der Waals surface area (Å²) in [7, 11) is -4.53. The Balaban J connectivity index is 2.36. The van der Waals surface area contributed by atoms with Crippen molar-refractivity contribution >= 4 is 28.0 Å². The number of aliphatic carboxylic acids is 1. The van der Waals surface area contributed by atoms with E-state index in [4.69, 9.17) is 16.2 Å². The van der Waals surface area contributed by atoms with E-state index in [0.29, 0.717) is 5.56 Å². The zero-order valence-corrected chi connectivity index (χ0v) is 18.4. The number of aryl methyl sites for hydroxylation is 1. The predicted molar refractivity (Wildman–Crippen MR) is 118 cm³/mol. The molecule has 0 aliphatic rings. The molecular weight excluding hydrogens is 436 g/mol. The highest BCUT2D eigenvalue weighted by molar-refractivity contribution is 7.89. The third kappa shape index (κ3) is 6.71. The number of aliphatic imine (C=N–C) groups is 1. The van der Waals surface area contributed by atoms with E-state index in [-0.39, 0.29) is 41.2 Å². The number of carbonyl (C=O) groups is 2. The minimum atomic E-state index is -4.53. The molecule has 0 saturated heterocycles. The first-order chi connectivity index (χ1) is 15.1. The summed E-state index contributed by atoms with van der Waals surface area (Å²) in [5, 5.41) is 9.74. The highest BCUT2D eigenvalue weighted by Crippen LogP contribution is 2.23. The van der Waals surface area contributed by atoms with Gasteiger partial charge in [0, 0.05) is 6.54 Å². The Labute approximate surface area is 186 Å². The number of benzene rings is 2. The molecule has 0 heterocycles. The summed E-state index contributed by atoms with van der Waals surface area (Å²) in [6, 6.07) is 12.6. The second-order valence-corrected chi connectivity index (χ2v) is 8.77. The van der Waals surface area contributed by atoms with E-state index in [0.717, 1.165) is 5.56 Å². The molecule has 5 N–H and O–H groups in total. The maximum absolute atomic E-state index is 13.3. The van der Waals surface area contributed by atoms with Crippen LogP contribution in [-0.2, 0) is 26.2 Å². The van der Waals surface area contributed by atoms with Crippen LogP contribution in [0.5, 0.6) is 0 Å². The smallest absolute Gasteiger partial charge is 0.425 e. The van der Waals surface area contributed by atoms with Gasteiger partial charge in [-0.3, -0.25) is 4.99 Å². The third-order valence-electron chi connectivity index (χ3n) is 4.46. The van der Waals surface area contributed by atoms with Crippen molar-refractivity contribution < 1.29 is 27.9 Å². The van der Waals surface area contributed by atoms with Crippen LogP contribution in [0.2, 0.25) is 0 Å². The number of carbonyl (C=O) groups excluding carboxylic acids is 1. The number of carboxylic acids is 1. The fourth-order valence-electron chi connectivity index (χ4n) is 2.83. The largest absolute Gasteiger partial charge is 0.480 e. The molecule has 172 valence electrons. The van der Waals surface area contributed by atoms with Crippen LogP contribution in [0.3, 0.4) is 0 Å². The topological polar surface area (TPSA) is 165 Å². The van der Waals surface area contributed by atoms with Crippen molar-refractivity contribution in [3.63, 3.8) is 0 Å². The van der Waals surface area contributed by atoms with Gasteiger partial charge in [-0.1, -0.05) is 48.0 Å². The van der Waals surface area contributed by atoms with Gasteiger partial charge in [-0.25, -0.2) is 18.0 Å². The predicted octanol–water partition coefficient (Wildman–Crippen LogP) is 1.83. The second-order valence-electron chi connectivity index (χ2n) is 6.96. The molecule has 2 aromatic rings. The molecule has 2 rings (SSSR count). The Bertz CT molecular complexity index is 1050. The lowest BCUT2D eigenvalue weighted by Crippen LogP contribution is -2.48. The highest BCUT2D eigenvalue weighted by atomic mass is 32.2. The van der Waals surface area contributed by atoms with Crippen LogP contribution in [0.4, 0.5) is 4.79 Å². The Hall–Kier alpha value is -3.60. The Kier molecular flexibility index (Phi) is 8.59. The van der Waals surface area contributed by atoms with Gasteiger partial charge in [0.05, 0.1) is 4.90 Å². The van der Waals surface area contributed by atoms with Crippen molar-refractivity contribution in [3.05, 3.63) is 65.7 Å². The Morgan fingerprint density at radius 3 is 2.28 bits per heavy atom. The van der Waals surface area contributed by atoms with Crippen LogP contribution < -0.4 is 11.5 Å². The standard InChI is InChI=1S/C21H26N4O6S/c1-15-9-11-17(12-10-15)32(29,30)25(18(19(26)27)8-5-13-24-20(22)23)21(28)31-14-16-6-3-2-4-7-16/h2-4,6-7,9-12,18H,5,8,13-14H2,1H3,(H,26,27)(H4,22,23,24)/t18-/m0/s1. The molecule has 0 radical (unpaired) electrons. The van der Waals surface area contributed by atoms with Gasteiger partial charge in [0.2, 0.25) is 0 Å². The molecule has 32 heavy (non-hydrogen) atoms. The number of amides is 1. The molecule has 0 aliphatic heterocycles. The summed E-state index contributed by atoms with van der Waals surface area (Å²) < 4.78 is 32.0. The first-order valence-electron chi connectivity index (χ1n) is 9.73. The summed E-state index contributed by atoms with van der Waals surface area (Å²) in [5.74, 6) is -1.68. The molecule has 1 amide bonds. The van der Waals surface area contributed by atoms with Gasteiger partial charge in [0.25, 0.3) is 10.0 Å². The molecule has 0 fully saturated rings. The van der Waals surface area contributed by atoms with Crippen molar-refractivity contribution in [1.29, 1.82) is 0 Å². The lowest BCUT2D eigenvalue weighted by molar-refractivity contribution is -0.141. The van der Waals surface area contributed by atoms with E-state index in [1.54, 1.807) is 49.4 Å². The number of ether oxygens (including phenoxy) is 1. The van der Waals surface area contributed by atoms with Gasteiger partial charge >= 0.3 is 12.1 Å². The normalized spacial score (nSPS) is 11.9. The number of rotatable bonds is 10. The lowest BCUT2D eigenvalue weighted by atomic mass is 10.1. The van der Waals surface area contributed by atoms with Gasteiger partial charge in [0.1, 0.15) is 12.6 Å². The fourth-order valence-corrected chi connectivity index (χ4v) is 4.32. The van der Waals surface area contributed by atoms with Gasteiger partial charge in [-0.05, 0) is 37.5 Å². The fraction of sp³-hybridized carbons (Fsp3) is 0.286. The first-order valence-corrected chi connectivity index (χ1v) is 11.2. The number of hydrogen-bond donors (Lipinski definition) is 3. The van der Waals surface area contributed by atoms with E-state index in [9.17, 15) is 23.1 Å². The van der Waals surface area contributed by atoms with Crippen molar-refractivity contribution in [2.45, 2.75) is 37.3 Å². The molecular formula is C21H26N4O6S. The molecule has 0 aromatic heterocycles. The minimum absolute atomic E-state index is 0.0730. The monoisotopic (exact) mass is 462 g/mol. The van der Waals surface area contributed by atoms with Crippen LogP contribution in [0.15, 0.2) is 64.5 Å². The maximum atomic E-state index is 13.3. The van der Waals surface area contributed by atoms with Gasteiger partial charge in [0.15, 0.2) is 5.96 Å². The van der Waals surface area contributed by atoms with E-state index >= 15 is 0 Å². The van der Waals surface area contributed by atoms with Crippen LogP contribution in [0.25, 0.3) is 0 Å². The Morgan fingerprint density at radius 1 is 1.09 bits per heavy atom. The van der Waals surface area contributed by atoms with E-state index in [1.165, 1.54) is 12.1 Å². The number of carboxylic acid groups (broad SMARTS) is 1. The first kappa shape index (κ1) is 24.7. The van der Waals surface area contributed by atoms with E-state index in [1.807, 2.05) is 0 Å². The van der Waals surface area contributed by atoms with Crippen molar-refractivity contribution in [1.82, 2.24) is 4.31 Å². The number of nitrogens with two attached hydrogens (primary N) is 2. The highest BCUT2D eigenvalue weighted by Gasteiger charge is 2.40. The zero-order valence-electron chi connectivity index (χ0n) is 17.5. The lowest BCUT2D eigenvalue weighted by Gasteiger charge is -2.27. The molecule has 2 aromatic carbocycles. The number of hydrogen-bond acceptors (Lipinski definition) is 6. The van der Waals surface area contributed by atoms with Gasteiger partial charge in [-0.2, -0.15) is 4.31 Å². The number of guanidine groups is 1. The summed E-state index contributed by atoms with van der Waals surface area (Å²) in [6.07, 6.45) is -1.37. The summed E-state index contributed by atoms with van der Waals surface area (Å²) >= 11 is 0. The quantitative estimate of drug-likeness (QED) is 0.273. The zero-order chi connectivity index (χ0) is 23.7. The van der Waals surface area contributed by atoms with Crippen molar-refractivity contribution in [2.75, 3.05) is 6.54 Å². The molecule has 0 bridgehead atoms. The Morgan fingerprint density at radius 2 is 1.72 bits per heavy atom. The van der Waals surface area contributed by atoms with Crippen LogP contribution >= 0.6 is 0 Å². The van der Waals surface area contributed by atoms with Crippen molar-refractivity contribution in [2.24, 2.45) is 16.5 Å². The second kappa shape index (κ2) is 11.1. The average Bonchev–Trinajstić information content (AvgIpc) is 2.74. The van der Waals surface area contributed by atoms with E-state index in [2.05, 4.69) is 4.99 Å². The SMILES string of the molecule is Cc1ccc(S(=O)(=O)N(C(=O)OCc2ccccc2)[C@@H](CCCN=C(N)N)C(=O)O)cc1. The third-order valence-corrected chi connectivity index (χ3v) is 6.25. The molecule has 10 nitrogen and oxygen atoms in total. The summed E-state index contributed by atoms with van der Waals surface area (Å²) in [6.45, 7) is 1.62. The van der Waals surface area contributed by atoms with Gasteiger partial charge in [-0.15, -0.1) is 0 Å².